The summed E-state index contributed by atoms with van der Waals surface area (Å²) >= 11 is 0. The van der Waals surface area contributed by atoms with E-state index in [2.05, 4.69) is 61.0 Å². The van der Waals surface area contributed by atoms with Gasteiger partial charge < -0.3 is 30.0 Å². The molecule has 2 heterocycles. The van der Waals surface area contributed by atoms with Crippen LogP contribution in [0.1, 0.15) is 98.5 Å². The lowest BCUT2D eigenvalue weighted by Crippen LogP contribution is -2.68. The number of ether oxygens (including phenoxy) is 1. The van der Waals surface area contributed by atoms with Crippen molar-refractivity contribution in [1.82, 2.24) is 20.9 Å². The molecule has 0 spiro atoms. The minimum absolute atomic E-state index is 0.0195. The molecule has 0 radical (unpaired) electrons. The van der Waals surface area contributed by atoms with E-state index in [4.69, 9.17) is 9.16 Å². The van der Waals surface area contributed by atoms with Gasteiger partial charge in [0.05, 0.1) is 7.11 Å². The molecule has 2 fully saturated rings. The summed E-state index contributed by atoms with van der Waals surface area (Å²) in [5, 5.41) is 10.8. The van der Waals surface area contributed by atoms with Gasteiger partial charge in [-0.25, -0.2) is 0 Å². The first-order valence-corrected chi connectivity index (χ1v) is 22.7. The molecular formula is C46H62N4O7Si. The van der Waals surface area contributed by atoms with Gasteiger partial charge in [-0.05, 0) is 79.1 Å². The first-order valence-electron chi connectivity index (χ1n) is 20.8. The summed E-state index contributed by atoms with van der Waals surface area (Å²) in [6.45, 7) is 12.2. The molecule has 1 unspecified atom stereocenters. The van der Waals surface area contributed by atoms with Crippen LogP contribution in [-0.2, 0) is 34.8 Å². The molecule has 11 nitrogen and oxygen atoms in total. The van der Waals surface area contributed by atoms with Gasteiger partial charge in [-0.1, -0.05) is 113 Å². The lowest BCUT2D eigenvalue weighted by atomic mass is 9.94. The van der Waals surface area contributed by atoms with E-state index in [1.54, 1.807) is 38.0 Å². The molecule has 3 aromatic carbocycles. The third-order valence-electron chi connectivity index (χ3n) is 11.9. The Morgan fingerprint density at radius 2 is 1.48 bits per heavy atom. The fourth-order valence-corrected chi connectivity index (χ4v) is 12.9. The Labute approximate surface area is 345 Å². The molecule has 2 aliphatic heterocycles. The Bertz CT molecular complexity index is 1850. The molecule has 5 rings (SSSR count). The van der Waals surface area contributed by atoms with E-state index >= 15 is 0 Å². The highest BCUT2D eigenvalue weighted by molar-refractivity contribution is 6.99. The molecule has 312 valence electrons. The molecular weight excluding hydrogens is 749 g/mol. The van der Waals surface area contributed by atoms with E-state index in [1.807, 2.05) is 55.5 Å². The molecule has 5 atom stereocenters. The zero-order valence-electron chi connectivity index (χ0n) is 35.3. The number of Topliss-reactive ketones (excluding diaryl/α,β-unsaturated/α-hetero) is 1. The summed E-state index contributed by atoms with van der Waals surface area (Å²) < 4.78 is 12.3. The van der Waals surface area contributed by atoms with Gasteiger partial charge in [-0.2, -0.15) is 0 Å². The van der Waals surface area contributed by atoms with Crippen molar-refractivity contribution in [3.05, 3.63) is 90.5 Å². The summed E-state index contributed by atoms with van der Waals surface area (Å²) in [4.78, 5) is 71.1. The van der Waals surface area contributed by atoms with Crippen molar-refractivity contribution in [2.24, 2.45) is 0 Å². The van der Waals surface area contributed by atoms with E-state index in [0.717, 1.165) is 15.9 Å². The van der Waals surface area contributed by atoms with Crippen molar-refractivity contribution in [3.8, 4) is 5.75 Å². The molecule has 2 saturated heterocycles. The predicted molar refractivity (Wildman–Crippen MR) is 228 cm³/mol. The van der Waals surface area contributed by atoms with E-state index < -0.39 is 49.9 Å². The third kappa shape index (κ3) is 10.1. The Kier molecular flexibility index (Phi) is 14.7. The lowest BCUT2D eigenvalue weighted by Gasteiger charge is -2.44. The van der Waals surface area contributed by atoms with Crippen molar-refractivity contribution in [1.29, 1.82) is 0 Å². The number of rotatable bonds is 15. The minimum Gasteiger partial charge on any atom is -0.497 e. The van der Waals surface area contributed by atoms with Crippen molar-refractivity contribution >= 4 is 48.1 Å². The predicted octanol–water partition coefficient (Wildman–Crippen LogP) is 4.98. The Morgan fingerprint density at radius 1 is 0.862 bits per heavy atom. The number of ketones is 1. The molecule has 12 heteroatoms. The molecule has 58 heavy (non-hydrogen) atoms. The van der Waals surface area contributed by atoms with Gasteiger partial charge in [0, 0.05) is 19.4 Å². The topological polar surface area (TPSA) is 143 Å². The quantitative estimate of drug-likeness (QED) is 0.145. The maximum Gasteiger partial charge on any atom is 0.262 e. The second-order valence-electron chi connectivity index (χ2n) is 17.0. The van der Waals surface area contributed by atoms with E-state index in [0.29, 0.717) is 57.2 Å². The number of hydrogen-bond donors (Lipinski definition) is 3. The number of carbonyl (C=O) groups excluding carboxylic acids is 5. The molecule has 0 bridgehead atoms. The first kappa shape index (κ1) is 44.3. The van der Waals surface area contributed by atoms with E-state index in [-0.39, 0.29) is 35.5 Å². The Balaban J connectivity index is 1.25. The van der Waals surface area contributed by atoms with Gasteiger partial charge in [0.25, 0.3) is 8.32 Å². The standard InChI is InChI=1S/C46H62N4O7Si/c1-8-46(6)44(55)48-38(31-33-26-28-34(56-7)29-27-33)43(54)50-30-18-24-39(50)42(53)47-37(41(52)49-46)23-16-11-17-25-40(51)32(2)57-58(45(3,4)5,35-19-12-9-13-20-35)36-21-14-10-15-22-36/h9-10,12-15,19-22,26-29,32,37-39H,8,11,16-18,23-25,30-31H2,1-7H3,(H,47,53)(H,48,55)(H,49,52)/t32?,37-,38-,39+,46-/m0/s1. The highest BCUT2D eigenvalue weighted by atomic mass is 28.4. The van der Waals surface area contributed by atoms with Crippen LogP contribution >= 0.6 is 0 Å². The minimum atomic E-state index is -2.91. The number of fused-ring (bicyclic) bond motifs is 1. The average molecular weight is 811 g/mol. The van der Waals surface area contributed by atoms with Gasteiger partial charge in [0.2, 0.25) is 23.6 Å². The van der Waals surface area contributed by atoms with Gasteiger partial charge >= 0.3 is 0 Å². The summed E-state index contributed by atoms with van der Waals surface area (Å²) in [6.07, 6.45) is 3.33. The number of nitrogens with one attached hydrogen (secondary N) is 3. The summed E-state index contributed by atoms with van der Waals surface area (Å²) in [7, 11) is -1.34. The van der Waals surface area contributed by atoms with Crippen LogP contribution in [0.25, 0.3) is 0 Å². The lowest BCUT2D eigenvalue weighted by molar-refractivity contribution is -0.144. The number of hydrogen-bond acceptors (Lipinski definition) is 7. The summed E-state index contributed by atoms with van der Waals surface area (Å²) in [5.41, 5.74) is -0.521. The van der Waals surface area contributed by atoms with Crippen molar-refractivity contribution < 1.29 is 33.1 Å². The van der Waals surface area contributed by atoms with Crippen LogP contribution in [0, 0.1) is 0 Å². The van der Waals surface area contributed by atoms with Crippen LogP contribution in [0.4, 0.5) is 0 Å². The zero-order chi connectivity index (χ0) is 42.1. The van der Waals surface area contributed by atoms with E-state index in [9.17, 15) is 24.0 Å². The van der Waals surface area contributed by atoms with Crippen LogP contribution in [0.15, 0.2) is 84.9 Å². The van der Waals surface area contributed by atoms with Crippen LogP contribution in [0.3, 0.4) is 0 Å². The summed E-state index contributed by atoms with van der Waals surface area (Å²) in [6, 6.07) is 25.2. The molecule has 0 saturated carbocycles. The molecule has 3 aromatic rings. The van der Waals surface area contributed by atoms with Crippen LogP contribution in [0.2, 0.25) is 5.04 Å². The second-order valence-corrected chi connectivity index (χ2v) is 21.2. The monoisotopic (exact) mass is 810 g/mol. The normalized spacial score (nSPS) is 22.5. The third-order valence-corrected chi connectivity index (χ3v) is 17.0. The maximum atomic E-state index is 14.1. The van der Waals surface area contributed by atoms with Gasteiger partial charge in [-0.15, -0.1) is 0 Å². The van der Waals surface area contributed by atoms with Crippen LogP contribution < -0.4 is 31.1 Å². The first-order chi connectivity index (χ1) is 27.6. The summed E-state index contributed by atoms with van der Waals surface area (Å²) in [5.74, 6) is -0.954. The number of unbranched alkanes of at least 4 members (excludes halogenated alkanes) is 2. The largest absolute Gasteiger partial charge is 0.497 e. The highest BCUT2D eigenvalue weighted by Crippen LogP contribution is 2.37. The van der Waals surface area contributed by atoms with Crippen molar-refractivity contribution in [3.63, 3.8) is 0 Å². The van der Waals surface area contributed by atoms with Gasteiger partial charge in [-0.3, -0.25) is 24.0 Å². The highest BCUT2D eigenvalue weighted by Gasteiger charge is 2.51. The fraction of sp³-hybridized carbons (Fsp3) is 0.500. The van der Waals surface area contributed by atoms with Crippen LogP contribution in [-0.4, -0.2) is 86.1 Å². The molecule has 2 aliphatic rings. The number of nitrogens with zero attached hydrogens (tertiary/aromatic N) is 1. The number of methoxy groups -OCH3 is 1. The number of carbonyl (C=O) groups is 5. The number of amides is 4. The number of benzene rings is 3. The average Bonchev–Trinajstić information content (AvgIpc) is 3.72. The molecule has 0 aromatic heterocycles. The maximum absolute atomic E-state index is 14.1. The smallest absolute Gasteiger partial charge is 0.262 e. The van der Waals surface area contributed by atoms with Gasteiger partial charge in [0.1, 0.15) is 35.5 Å². The zero-order valence-corrected chi connectivity index (χ0v) is 36.3. The van der Waals surface area contributed by atoms with Crippen molar-refractivity contribution in [2.45, 2.75) is 134 Å². The molecule has 3 N–H and O–H groups in total. The van der Waals surface area contributed by atoms with E-state index in [1.165, 1.54) is 0 Å². The van der Waals surface area contributed by atoms with Crippen LogP contribution in [0.5, 0.6) is 5.75 Å². The SMILES string of the molecule is CC[C@]1(C)NC(=O)[C@H](CCCCCC(=O)C(C)O[Si](c2ccccc2)(c2ccccc2)C(C)(C)C)NC(=O)[C@H]2CCCN2C(=O)[C@H](Cc2ccc(OC)cc2)NC1=O. The Morgan fingerprint density at radius 3 is 2.05 bits per heavy atom. The second kappa shape index (κ2) is 19.3. The van der Waals surface area contributed by atoms with Gasteiger partial charge in [0.15, 0.2) is 5.78 Å². The molecule has 0 aliphatic carbocycles. The van der Waals surface area contributed by atoms with Crippen molar-refractivity contribution in [2.75, 3.05) is 13.7 Å². The fourth-order valence-electron chi connectivity index (χ4n) is 8.27. The molecule has 4 amide bonds. The Hall–Kier alpha value is -4.81.